The zero-order chi connectivity index (χ0) is 26.1. The van der Waals surface area contributed by atoms with Gasteiger partial charge in [0.25, 0.3) is 11.7 Å². The van der Waals surface area contributed by atoms with Crippen molar-refractivity contribution in [3.8, 4) is 11.5 Å². The molecule has 1 fully saturated rings. The zero-order valence-corrected chi connectivity index (χ0v) is 21.7. The summed E-state index contributed by atoms with van der Waals surface area (Å²) in [5, 5.41) is 11.2. The molecule has 3 rings (SSSR count). The van der Waals surface area contributed by atoms with Gasteiger partial charge in [0.05, 0.1) is 24.8 Å². The number of ether oxygens (including phenoxy) is 2. The highest BCUT2D eigenvalue weighted by atomic mass is 16.5. The first-order valence-corrected chi connectivity index (χ1v) is 12.6. The summed E-state index contributed by atoms with van der Waals surface area (Å²) < 4.78 is 11.8. The molecule has 194 valence electrons. The fraction of sp³-hybridized carbons (Fsp3) is 0.464. The van der Waals surface area contributed by atoms with Gasteiger partial charge < -0.3 is 24.4 Å². The first-order chi connectivity index (χ1) is 17.4. The number of benzene rings is 1. The van der Waals surface area contributed by atoms with Crippen molar-refractivity contribution in [1.82, 2.24) is 14.8 Å². The van der Waals surface area contributed by atoms with E-state index >= 15 is 0 Å². The summed E-state index contributed by atoms with van der Waals surface area (Å²) in [7, 11) is 3.92. The molecule has 8 nitrogen and oxygen atoms in total. The smallest absolute Gasteiger partial charge is 0.295 e. The highest BCUT2D eigenvalue weighted by Gasteiger charge is 2.46. The van der Waals surface area contributed by atoms with Gasteiger partial charge in [0, 0.05) is 24.5 Å². The van der Waals surface area contributed by atoms with E-state index in [1.165, 1.54) is 12.4 Å². The molecule has 1 aliphatic heterocycles. The topological polar surface area (TPSA) is 92.2 Å². The average molecular weight is 496 g/mol. The molecule has 0 bridgehead atoms. The molecule has 1 aromatic carbocycles. The van der Waals surface area contributed by atoms with Crippen molar-refractivity contribution in [2.75, 3.05) is 40.4 Å². The maximum absolute atomic E-state index is 13.2. The van der Waals surface area contributed by atoms with Crippen molar-refractivity contribution in [2.45, 2.75) is 45.6 Å². The van der Waals surface area contributed by atoms with Crippen LogP contribution in [0.3, 0.4) is 0 Å². The van der Waals surface area contributed by atoms with Crippen molar-refractivity contribution in [2.24, 2.45) is 0 Å². The monoisotopic (exact) mass is 495 g/mol. The Balaban J connectivity index is 2.05. The highest BCUT2D eigenvalue weighted by Crippen LogP contribution is 2.42. The van der Waals surface area contributed by atoms with Crippen LogP contribution in [-0.4, -0.2) is 72.0 Å². The lowest BCUT2D eigenvalue weighted by atomic mass is 9.95. The largest absolute Gasteiger partial charge is 0.507 e. The Morgan fingerprint density at radius 1 is 1.03 bits per heavy atom. The van der Waals surface area contributed by atoms with Crippen LogP contribution in [0, 0.1) is 0 Å². The molecule has 2 heterocycles. The molecule has 1 aliphatic rings. The average Bonchev–Trinajstić information content (AvgIpc) is 3.12. The van der Waals surface area contributed by atoms with Crippen LogP contribution < -0.4 is 9.47 Å². The molecule has 1 atom stereocenters. The number of hydrogen-bond donors (Lipinski definition) is 1. The maximum Gasteiger partial charge on any atom is 0.295 e. The molecule has 0 radical (unpaired) electrons. The molecule has 2 aromatic rings. The van der Waals surface area contributed by atoms with E-state index in [1.807, 2.05) is 44.1 Å². The van der Waals surface area contributed by atoms with Gasteiger partial charge in [-0.2, -0.15) is 0 Å². The number of amides is 1. The molecule has 8 heteroatoms. The van der Waals surface area contributed by atoms with Crippen LogP contribution in [0.4, 0.5) is 0 Å². The lowest BCUT2D eigenvalue weighted by Gasteiger charge is -2.26. The fourth-order valence-corrected chi connectivity index (χ4v) is 4.30. The molecule has 0 spiro atoms. The standard InChI is InChI=1S/C28H37N3O5/c1-5-7-8-18-36-22-11-10-21(19-23(22)35-6-2)25-24(26(32)20-12-14-29-15-13-20)27(33)28(34)31(25)17-9-16-30(3)4/h10-15,19,25,32H,5-9,16-18H2,1-4H3/b26-24+. The van der Waals surface area contributed by atoms with E-state index in [4.69, 9.17) is 9.47 Å². The van der Waals surface area contributed by atoms with Crippen LogP contribution in [0.2, 0.25) is 0 Å². The summed E-state index contributed by atoms with van der Waals surface area (Å²) in [6.07, 6.45) is 6.89. The van der Waals surface area contributed by atoms with Crippen LogP contribution >= 0.6 is 0 Å². The van der Waals surface area contributed by atoms with Crippen LogP contribution in [-0.2, 0) is 9.59 Å². The van der Waals surface area contributed by atoms with Gasteiger partial charge in [-0.15, -0.1) is 0 Å². The molecule has 1 aromatic heterocycles. The Kier molecular flexibility index (Phi) is 9.87. The van der Waals surface area contributed by atoms with Crippen molar-refractivity contribution >= 4 is 17.4 Å². The number of carbonyl (C=O) groups excluding carboxylic acids is 2. The minimum absolute atomic E-state index is 0.0649. The Bertz CT molecular complexity index is 1070. The third-order valence-electron chi connectivity index (χ3n) is 6.09. The van der Waals surface area contributed by atoms with E-state index in [9.17, 15) is 14.7 Å². The molecule has 1 amide bonds. The minimum atomic E-state index is -0.742. The third-order valence-corrected chi connectivity index (χ3v) is 6.09. The summed E-state index contributed by atoms with van der Waals surface area (Å²) in [6.45, 7) is 6.19. The van der Waals surface area contributed by atoms with E-state index in [0.717, 1.165) is 25.8 Å². The molecule has 1 unspecified atom stereocenters. The first kappa shape index (κ1) is 27.2. The van der Waals surface area contributed by atoms with Crippen molar-refractivity contribution in [3.05, 3.63) is 59.4 Å². The Hall–Kier alpha value is -3.39. The summed E-state index contributed by atoms with van der Waals surface area (Å²) in [4.78, 5) is 33.9. The second-order valence-electron chi connectivity index (χ2n) is 9.08. The van der Waals surface area contributed by atoms with Gasteiger partial charge in [0.2, 0.25) is 0 Å². The van der Waals surface area contributed by atoms with Gasteiger partial charge in [-0.3, -0.25) is 14.6 Å². The molecule has 1 N–H and O–H groups in total. The van der Waals surface area contributed by atoms with E-state index in [-0.39, 0.29) is 11.3 Å². The van der Waals surface area contributed by atoms with Crippen LogP contribution in [0.5, 0.6) is 11.5 Å². The summed E-state index contributed by atoms with van der Waals surface area (Å²) in [5.41, 5.74) is 1.18. The number of Topliss-reactive ketones (excluding diaryl/α,β-unsaturated/α-hetero) is 1. The lowest BCUT2D eigenvalue weighted by molar-refractivity contribution is -0.139. The summed E-state index contributed by atoms with van der Waals surface area (Å²) in [5.74, 6) is -0.359. The number of nitrogens with zero attached hydrogens (tertiary/aromatic N) is 3. The maximum atomic E-state index is 13.2. The Labute approximate surface area is 213 Å². The van der Waals surface area contributed by atoms with Gasteiger partial charge in [0.1, 0.15) is 5.76 Å². The van der Waals surface area contributed by atoms with Crippen molar-refractivity contribution < 1.29 is 24.2 Å². The van der Waals surface area contributed by atoms with E-state index in [2.05, 4.69) is 11.9 Å². The molecular weight excluding hydrogens is 458 g/mol. The van der Waals surface area contributed by atoms with Crippen LogP contribution in [0.15, 0.2) is 48.3 Å². The second-order valence-corrected chi connectivity index (χ2v) is 9.08. The number of ketones is 1. The van der Waals surface area contributed by atoms with E-state index in [0.29, 0.717) is 48.8 Å². The highest BCUT2D eigenvalue weighted by molar-refractivity contribution is 6.46. The van der Waals surface area contributed by atoms with Crippen molar-refractivity contribution in [1.29, 1.82) is 0 Å². The number of rotatable bonds is 13. The van der Waals surface area contributed by atoms with Gasteiger partial charge in [0.15, 0.2) is 11.5 Å². The zero-order valence-electron chi connectivity index (χ0n) is 21.7. The quantitative estimate of drug-likeness (QED) is 0.190. The number of pyridine rings is 1. The Morgan fingerprint density at radius 3 is 2.44 bits per heavy atom. The molecule has 0 saturated carbocycles. The van der Waals surface area contributed by atoms with Crippen LogP contribution in [0.1, 0.15) is 56.7 Å². The number of unbranched alkanes of at least 4 members (excludes halogenated alkanes) is 2. The number of aliphatic hydroxyl groups excluding tert-OH is 1. The van der Waals surface area contributed by atoms with Gasteiger partial charge >= 0.3 is 0 Å². The lowest BCUT2D eigenvalue weighted by Crippen LogP contribution is -2.32. The van der Waals surface area contributed by atoms with E-state index < -0.39 is 17.7 Å². The third kappa shape index (κ3) is 6.43. The molecular formula is C28H37N3O5. The normalized spacial score (nSPS) is 17.1. The molecule has 0 aliphatic carbocycles. The number of aromatic nitrogens is 1. The molecule has 1 saturated heterocycles. The number of likely N-dealkylation sites (tertiary alicyclic amines) is 1. The van der Waals surface area contributed by atoms with Gasteiger partial charge in [-0.05, 0) is 70.2 Å². The van der Waals surface area contributed by atoms with Crippen molar-refractivity contribution in [3.63, 3.8) is 0 Å². The number of hydrogen-bond acceptors (Lipinski definition) is 7. The predicted octanol–water partition coefficient (Wildman–Crippen LogP) is 4.42. The number of aliphatic hydroxyl groups is 1. The first-order valence-electron chi connectivity index (χ1n) is 12.6. The van der Waals surface area contributed by atoms with Gasteiger partial charge in [-0.1, -0.05) is 25.8 Å². The van der Waals surface area contributed by atoms with Crippen LogP contribution in [0.25, 0.3) is 5.76 Å². The SMILES string of the molecule is CCCCCOc1ccc(C2/C(=C(\O)c3ccncc3)C(=O)C(=O)N2CCCN(C)C)cc1OCC. The predicted molar refractivity (Wildman–Crippen MR) is 139 cm³/mol. The van der Waals surface area contributed by atoms with E-state index in [1.54, 1.807) is 17.0 Å². The second kappa shape index (κ2) is 13.1. The Morgan fingerprint density at radius 2 is 1.78 bits per heavy atom. The molecule has 36 heavy (non-hydrogen) atoms. The number of carbonyl (C=O) groups is 2. The van der Waals surface area contributed by atoms with Gasteiger partial charge in [-0.25, -0.2) is 0 Å². The summed E-state index contributed by atoms with van der Waals surface area (Å²) >= 11 is 0. The summed E-state index contributed by atoms with van der Waals surface area (Å²) in [6, 6.07) is 7.96. The minimum Gasteiger partial charge on any atom is -0.507 e. The fourth-order valence-electron chi connectivity index (χ4n) is 4.30.